The van der Waals surface area contributed by atoms with Gasteiger partial charge in [0, 0.05) is 23.9 Å². The Bertz CT molecular complexity index is 1060. The van der Waals surface area contributed by atoms with Crippen molar-refractivity contribution in [1.29, 1.82) is 0 Å². The Morgan fingerprint density at radius 2 is 1.91 bits per heavy atom. The first-order valence-electron chi connectivity index (χ1n) is 13.5. The standard InChI is InChI=1S/C31H39NO3/c1-31-17-16-26-25-15-13-24(35-2)19-22(25)12-14-27(26)29(31)23(20-28(31)33)11-7-4-8-18-32-30(34)21-9-5-3-6-10-21/h3,5-6,9-10,13,15,19,23,26-27,29H,4,7-8,11-12,14,16-18,20H2,1-2H3,(H,32,34)/t23?,26?,27?,29?,31-/m1/s1. The summed E-state index contributed by atoms with van der Waals surface area (Å²) in [5.41, 5.74) is 3.55. The molecular formula is C31H39NO3. The number of methoxy groups -OCH3 is 1. The molecule has 0 bridgehead atoms. The van der Waals surface area contributed by atoms with Gasteiger partial charge in [-0.25, -0.2) is 0 Å². The normalized spacial score (nSPS) is 29.1. The van der Waals surface area contributed by atoms with E-state index in [4.69, 9.17) is 4.74 Å². The molecule has 3 aliphatic rings. The van der Waals surface area contributed by atoms with Crippen LogP contribution in [-0.4, -0.2) is 25.3 Å². The zero-order valence-electron chi connectivity index (χ0n) is 21.2. The van der Waals surface area contributed by atoms with Crippen molar-refractivity contribution in [3.05, 3.63) is 65.2 Å². The summed E-state index contributed by atoms with van der Waals surface area (Å²) in [7, 11) is 1.74. The Hall–Kier alpha value is -2.62. The number of ether oxygens (including phenoxy) is 1. The minimum Gasteiger partial charge on any atom is -0.497 e. The summed E-state index contributed by atoms with van der Waals surface area (Å²) in [6.45, 7) is 2.99. The second kappa shape index (κ2) is 10.2. The average molecular weight is 474 g/mol. The summed E-state index contributed by atoms with van der Waals surface area (Å²) in [6.07, 6.45) is 9.59. The molecule has 2 saturated carbocycles. The third kappa shape index (κ3) is 4.64. The van der Waals surface area contributed by atoms with Crippen molar-refractivity contribution in [2.75, 3.05) is 13.7 Å². The minimum atomic E-state index is -0.126. The molecule has 0 spiro atoms. The number of carbonyl (C=O) groups is 2. The molecule has 0 aromatic heterocycles. The number of benzene rings is 2. The number of unbranched alkanes of at least 4 members (excludes halogenated alkanes) is 2. The number of amides is 1. The topological polar surface area (TPSA) is 55.4 Å². The van der Waals surface area contributed by atoms with Crippen LogP contribution in [0.1, 0.15) is 85.7 Å². The molecule has 5 rings (SSSR count). The molecule has 3 aliphatic carbocycles. The van der Waals surface area contributed by atoms with Crippen molar-refractivity contribution >= 4 is 11.7 Å². The van der Waals surface area contributed by atoms with E-state index >= 15 is 0 Å². The largest absolute Gasteiger partial charge is 0.497 e. The monoisotopic (exact) mass is 473 g/mol. The van der Waals surface area contributed by atoms with Crippen LogP contribution in [0.2, 0.25) is 0 Å². The molecule has 186 valence electrons. The zero-order chi connectivity index (χ0) is 24.4. The Balaban J connectivity index is 1.17. The lowest BCUT2D eigenvalue weighted by Gasteiger charge is -2.50. The van der Waals surface area contributed by atoms with Gasteiger partial charge in [-0.05, 0) is 97.6 Å². The molecule has 4 unspecified atom stereocenters. The van der Waals surface area contributed by atoms with Gasteiger partial charge in [0.15, 0.2) is 0 Å². The van der Waals surface area contributed by atoms with Crippen LogP contribution in [0.15, 0.2) is 48.5 Å². The van der Waals surface area contributed by atoms with Crippen molar-refractivity contribution < 1.29 is 14.3 Å². The van der Waals surface area contributed by atoms with Gasteiger partial charge < -0.3 is 10.1 Å². The van der Waals surface area contributed by atoms with Gasteiger partial charge in [0.2, 0.25) is 0 Å². The summed E-state index contributed by atoms with van der Waals surface area (Å²) in [5.74, 6) is 3.71. The van der Waals surface area contributed by atoms with Crippen molar-refractivity contribution in [3.8, 4) is 5.75 Å². The second-order valence-electron chi connectivity index (χ2n) is 11.2. The van der Waals surface area contributed by atoms with E-state index in [9.17, 15) is 9.59 Å². The number of Topliss-reactive ketones (excluding diaryl/α,β-unsaturated/α-hetero) is 1. The van der Waals surface area contributed by atoms with Crippen molar-refractivity contribution in [1.82, 2.24) is 5.32 Å². The third-order valence-electron chi connectivity index (χ3n) is 9.35. The zero-order valence-corrected chi connectivity index (χ0v) is 21.2. The van der Waals surface area contributed by atoms with E-state index in [1.165, 1.54) is 17.5 Å². The molecular weight excluding hydrogens is 434 g/mol. The van der Waals surface area contributed by atoms with Crippen molar-refractivity contribution in [2.45, 2.75) is 70.6 Å². The average Bonchev–Trinajstić information content (AvgIpc) is 3.15. The highest BCUT2D eigenvalue weighted by atomic mass is 16.5. The molecule has 5 atom stereocenters. The highest BCUT2D eigenvalue weighted by molar-refractivity contribution is 5.94. The van der Waals surface area contributed by atoms with E-state index in [0.29, 0.717) is 36.0 Å². The number of ketones is 1. The van der Waals surface area contributed by atoms with Crippen LogP contribution >= 0.6 is 0 Å². The minimum absolute atomic E-state index is 0.00574. The molecule has 4 heteroatoms. The fourth-order valence-electron chi connectivity index (χ4n) is 7.61. The van der Waals surface area contributed by atoms with Gasteiger partial charge in [-0.1, -0.05) is 44.0 Å². The predicted octanol–water partition coefficient (Wildman–Crippen LogP) is 6.34. The highest BCUT2D eigenvalue weighted by Gasteiger charge is 2.58. The number of hydrogen-bond donors (Lipinski definition) is 1. The lowest BCUT2D eigenvalue weighted by molar-refractivity contribution is -0.129. The maximum absolute atomic E-state index is 13.2. The molecule has 2 aromatic rings. The number of rotatable bonds is 8. The van der Waals surface area contributed by atoms with E-state index in [1.54, 1.807) is 7.11 Å². The van der Waals surface area contributed by atoms with E-state index in [-0.39, 0.29) is 11.3 Å². The maximum Gasteiger partial charge on any atom is 0.251 e. The fraction of sp³-hybridized carbons (Fsp3) is 0.548. The molecule has 1 N–H and O–H groups in total. The van der Waals surface area contributed by atoms with E-state index < -0.39 is 0 Å². The summed E-state index contributed by atoms with van der Waals surface area (Å²) in [5, 5.41) is 3.04. The summed E-state index contributed by atoms with van der Waals surface area (Å²) < 4.78 is 5.47. The highest BCUT2D eigenvalue weighted by Crippen LogP contribution is 2.62. The smallest absolute Gasteiger partial charge is 0.251 e. The van der Waals surface area contributed by atoms with Crippen LogP contribution in [0, 0.1) is 23.2 Å². The van der Waals surface area contributed by atoms with Gasteiger partial charge in [-0.15, -0.1) is 0 Å². The lowest BCUT2D eigenvalue weighted by Crippen LogP contribution is -2.44. The number of nitrogens with one attached hydrogen (secondary N) is 1. The second-order valence-corrected chi connectivity index (χ2v) is 11.2. The SMILES string of the molecule is COc1ccc2c(c1)CCC1C2CC[C@]2(C)C(=O)CC(CCCCCNC(=O)c3ccccc3)C12. The van der Waals surface area contributed by atoms with E-state index in [2.05, 4.69) is 30.4 Å². The summed E-state index contributed by atoms with van der Waals surface area (Å²) in [4.78, 5) is 25.4. The quantitative estimate of drug-likeness (QED) is 0.455. The number of carbonyl (C=O) groups excluding carboxylic acids is 2. The Labute approximate surface area is 209 Å². The molecule has 0 saturated heterocycles. The van der Waals surface area contributed by atoms with Crippen LogP contribution in [-0.2, 0) is 11.2 Å². The molecule has 0 aliphatic heterocycles. The first-order valence-corrected chi connectivity index (χ1v) is 13.5. The van der Waals surface area contributed by atoms with E-state index in [1.807, 2.05) is 30.3 Å². The van der Waals surface area contributed by atoms with Crippen LogP contribution in [0.25, 0.3) is 0 Å². The molecule has 2 fully saturated rings. The fourth-order valence-corrected chi connectivity index (χ4v) is 7.61. The van der Waals surface area contributed by atoms with Crippen LogP contribution in [0.5, 0.6) is 5.75 Å². The van der Waals surface area contributed by atoms with Gasteiger partial charge in [0.1, 0.15) is 11.5 Å². The Kier molecular flexibility index (Phi) is 7.00. The van der Waals surface area contributed by atoms with Gasteiger partial charge in [-0.3, -0.25) is 9.59 Å². The number of fused-ring (bicyclic) bond motifs is 5. The van der Waals surface area contributed by atoms with Crippen molar-refractivity contribution in [3.63, 3.8) is 0 Å². The van der Waals surface area contributed by atoms with Crippen LogP contribution in [0.3, 0.4) is 0 Å². The molecule has 35 heavy (non-hydrogen) atoms. The number of hydrogen-bond acceptors (Lipinski definition) is 3. The van der Waals surface area contributed by atoms with Crippen molar-refractivity contribution in [2.24, 2.45) is 23.2 Å². The summed E-state index contributed by atoms with van der Waals surface area (Å²) >= 11 is 0. The molecule has 1 amide bonds. The lowest BCUT2D eigenvalue weighted by atomic mass is 9.54. The van der Waals surface area contributed by atoms with Gasteiger partial charge in [-0.2, -0.15) is 0 Å². The Morgan fingerprint density at radius 3 is 2.71 bits per heavy atom. The van der Waals surface area contributed by atoms with Gasteiger partial charge in [0.25, 0.3) is 5.91 Å². The van der Waals surface area contributed by atoms with Gasteiger partial charge >= 0.3 is 0 Å². The first-order chi connectivity index (χ1) is 17.0. The first kappa shape index (κ1) is 24.1. The Morgan fingerprint density at radius 1 is 1.09 bits per heavy atom. The van der Waals surface area contributed by atoms with Gasteiger partial charge in [0.05, 0.1) is 7.11 Å². The summed E-state index contributed by atoms with van der Waals surface area (Å²) in [6, 6.07) is 16.0. The van der Waals surface area contributed by atoms with Crippen LogP contribution < -0.4 is 10.1 Å². The predicted molar refractivity (Wildman–Crippen MR) is 139 cm³/mol. The third-order valence-corrected chi connectivity index (χ3v) is 9.35. The van der Waals surface area contributed by atoms with Crippen LogP contribution in [0.4, 0.5) is 0 Å². The molecule has 0 radical (unpaired) electrons. The molecule has 4 nitrogen and oxygen atoms in total. The maximum atomic E-state index is 13.2. The molecule has 0 heterocycles. The molecule has 2 aromatic carbocycles. The van der Waals surface area contributed by atoms with E-state index in [0.717, 1.165) is 62.7 Å². The number of aryl methyl sites for hydroxylation is 1.